The molecule has 6 rings (SSSR count). The summed E-state index contributed by atoms with van der Waals surface area (Å²) >= 11 is -1.98. The summed E-state index contributed by atoms with van der Waals surface area (Å²) in [4.78, 5) is 9.13. The van der Waals surface area contributed by atoms with Crippen molar-refractivity contribution >= 4 is 52.9 Å². The second-order valence-electron chi connectivity index (χ2n) is 11.8. The monoisotopic (exact) mass is 781 g/mol. The van der Waals surface area contributed by atoms with Crippen LogP contribution in [0.2, 0.25) is 36.9 Å². The van der Waals surface area contributed by atoms with Gasteiger partial charge in [-0.2, -0.15) is 0 Å². The minimum atomic E-state index is -1.98. The molecule has 205 valence electrons. The van der Waals surface area contributed by atoms with E-state index < -0.39 is 21.3 Å². The Morgan fingerprint density at radius 3 is 1.90 bits per heavy atom. The summed E-state index contributed by atoms with van der Waals surface area (Å²) in [6, 6.07) is 35.1. The number of fused-ring (bicyclic) bond motifs is 3. The van der Waals surface area contributed by atoms with Gasteiger partial charge in [0.2, 0.25) is 0 Å². The fourth-order valence-electron chi connectivity index (χ4n) is 4.53. The van der Waals surface area contributed by atoms with Crippen LogP contribution >= 0.6 is 0 Å². The number of para-hydroxylation sites is 1. The van der Waals surface area contributed by atoms with Crippen molar-refractivity contribution in [1.82, 2.24) is 9.97 Å². The maximum Gasteiger partial charge on any atom is 0 e. The van der Waals surface area contributed by atoms with Gasteiger partial charge in [-0.3, -0.25) is 0 Å². The van der Waals surface area contributed by atoms with E-state index in [1.807, 2.05) is 67.0 Å². The molecular weight excluding hydrogens is 745 g/mol. The van der Waals surface area contributed by atoms with Crippen molar-refractivity contribution in [2.45, 2.75) is 36.9 Å². The molecule has 0 aliphatic carbocycles. The molecule has 0 spiro atoms. The van der Waals surface area contributed by atoms with Crippen LogP contribution in [0.4, 0.5) is 0 Å². The Bertz CT molecular complexity index is 1710. The SMILES string of the molecule is C[Si](C)(C)c1ccc(-c2[c-]cccc2)nc1.[CH3][Ge]([CH3])([CH3])[c]1cccc2c1oc1cc(-c3[c-]cccc3)ncc12.[Ir]. The zero-order valence-electron chi connectivity index (χ0n) is 23.9. The van der Waals surface area contributed by atoms with E-state index in [0.29, 0.717) is 0 Å². The van der Waals surface area contributed by atoms with Crippen LogP contribution in [0.1, 0.15) is 0 Å². The first kappa shape index (κ1) is 30.1. The number of rotatable bonds is 4. The van der Waals surface area contributed by atoms with E-state index in [2.05, 4.69) is 89.3 Å². The van der Waals surface area contributed by atoms with Gasteiger partial charge in [0.15, 0.2) is 0 Å². The average molecular weight is 780 g/mol. The summed E-state index contributed by atoms with van der Waals surface area (Å²) in [5.74, 6) is 7.18. The molecule has 0 atom stereocenters. The van der Waals surface area contributed by atoms with Gasteiger partial charge in [0.05, 0.1) is 8.07 Å². The molecule has 0 bridgehead atoms. The molecule has 0 N–H and O–H groups in total. The molecule has 3 heterocycles. The number of furan rings is 1. The largest absolute Gasteiger partial charge is 0 e. The van der Waals surface area contributed by atoms with Gasteiger partial charge in [-0.1, -0.05) is 31.8 Å². The summed E-state index contributed by atoms with van der Waals surface area (Å²) in [5.41, 5.74) is 5.90. The number of hydrogen-bond acceptors (Lipinski definition) is 3. The van der Waals surface area contributed by atoms with Crippen LogP contribution in [0.25, 0.3) is 44.5 Å². The van der Waals surface area contributed by atoms with Gasteiger partial charge < -0.3 is 4.98 Å². The Hall–Kier alpha value is -2.83. The Kier molecular flexibility index (Phi) is 9.31. The van der Waals surface area contributed by atoms with Crippen molar-refractivity contribution in [3.8, 4) is 22.5 Å². The van der Waals surface area contributed by atoms with Crippen molar-refractivity contribution in [2.75, 3.05) is 0 Å². The van der Waals surface area contributed by atoms with Crippen molar-refractivity contribution in [3.05, 3.63) is 109 Å². The summed E-state index contributed by atoms with van der Waals surface area (Å²) in [5, 5.41) is 3.66. The van der Waals surface area contributed by atoms with Gasteiger partial charge in [-0.15, -0.1) is 35.9 Å². The summed E-state index contributed by atoms with van der Waals surface area (Å²) in [7, 11) is -1.23. The van der Waals surface area contributed by atoms with Crippen molar-refractivity contribution < 1.29 is 24.5 Å². The van der Waals surface area contributed by atoms with Crippen LogP contribution in [-0.2, 0) is 20.1 Å². The minimum absolute atomic E-state index is 0. The molecule has 6 heteroatoms. The quantitative estimate of drug-likeness (QED) is 0.134. The Balaban J connectivity index is 0.000000192. The zero-order chi connectivity index (χ0) is 27.6. The standard InChI is InChI=1S/C20H18GeNO.C14H16NSi.Ir/c1-21(2,3)17-11-7-10-15-16-13-22-18(12-19(16)23-20(15)17)14-8-5-4-6-9-14;1-16(2,3)13-9-10-14(15-11-13)12-7-5-4-6-8-12;/h4-8,10-13H,1-3H3;4-7,9-11H,1-3H3;/q2*-1;. The van der Waals surface area contributed by atoms with E-state index in [1.165, 1.54) is 15.0 Å². The molecule has 0 saturated carbocycles. The van der Waals surface area contributed by atoms with Crippen molar-refractivity contribution in [2.24, 2.45) is 0 Å². The topological polar surface area (TPSA) is 38.9 Å². The number of hydrogen-bond donors (Lipinski definition) is 0. The number of nitrogens with zero attached hydrogens (tertiary/aromatic N) is 2. The molecule has 0 unspecified atom stereocenters. The fraction of sp³-hybridized carbons (Fsp3) is 0.176. The number of benzene rings is 3. The molecule has 1 radical (unpaired) electrons. The molecule has 3 aromatic carbocycles. The third kappa shape index (κ3) is 6.72. The second kappa shape index (κ2) is 12.4. The minimum Gasteiger partial charge on any atom is 0 e. The molecule has 0 aliphatic heterocycles. The Morgan fingerprint density at radius 1 is 0.700 bits per heavy atom. The molecule has 40 heavy (non-hydrogen) atoms. The van der Waals surface area contributed by atoms with Crippen LogP contribution in [0.15, 0.2) is 102 Å². The number of aromatic nitrogens is 2. The molecule has 3 nitrogen and oxygen atoms in total. The van der Waals surface area contributed by atoms with Gasteiger partial charge in [-0.25, -0.2) is 0 Å². The van der Waals surface area contributed by atoms with Crippen molar-refractivity contribution in [3.63, 3.8) is 0 Å². The molecule has 0 amide bonds. The molecular formula is C34H34GeIrN2OSi-2. The maximum atomic E-state index is 6.27. The Morgan fingerprint density at radius 2 is 1.35 bits per heavy atom. The van der Waals surface area contributed by atoms with Gasteiger partial charge in [0.1, 0.15) is 0 Å². The van der Waals surface area contributed by atoms with Crippen molar-refractivity contribution in [1.29, 1.82) is 0 Å². The van der Waals surface area contributed by atoms with E-state index in [9.17, 15) is 0 Å². The predicted molar refractivity (Wildman–Crippen MR) is 170 cm³/mol. The normalized spacial score (nSPS) is 11.6. The first-order chi connectivity index (χ1) is 18.6. The fourth-order valence-corrected chi connectivity index (χ4v) is 8.64. The third-order valence-corrected chi connectivity index (χ3v) is 13.0. The molecule has 3 aromatic heterocycles. The van der Waals surface area contributed by atoms with Crippen LogP contribution in [0.5, 0.6) is 0 Å². The second-order valence-corrected chi connectivity index (χ2v) is 27.5. The van der Waals surface area contributed by atoms with E-state index >= 15 is 0 Å². The number of pyridine rings is 2. The van der Waals surface area contributed by atoms with E-state index in [1.54, 1.807) is 0 Å². The van der Waals surface area contributed by atoms with Crippen LogP contribution in [0, 0.1) is 12.1 Å². The van der Waals surface area contributed by atoms with E-state index in [-0.39, 0.29) is 20.1 Å². The summed E-state index contributed by atoms with van der Waals surface area (Å²) in [6.07, 6.45) is 3.94. The van der Waals surface area contributed by atoms with Crippen LogP contribution in [0.3, 0.4) is 0 Å². The smallest absolute Gasteiger partial charge is 0 e. The Labute approximate surface area is 254 Å². The summed E-state index contributed by atoms with van der Waals surface area (Å²) < 4.78 is 7.67. The van der Waals surface area contributed by atoms with Gasteiger partial charge in [0.25, 0.3) is 0 Å². The molecule has 0 saturated heterocycles. The van der Waals surface area contributed by atoms with Gasteiger partial charge >= 0.3 is 138 Å². The molecule has 0 aliphatic rings. The van der Waals surface area contributed by atoms with E-state index in [4.69, 9.17) is 4.42 Å². The first-order valence-corrected chi connectivity index (χ1v) is 24.2. The van der Waals surface area contributed by atoms with E-state index in [0.717, 1.165) is 39.1 Å². The zero-order valence-corrected chi connectivity index (χ0v) is 29.4. The third-order valence-electron chi connectivity index (χ3n) is 6.79. The van der Waals surface area contributed by atoms with Gasteiger partial charge in [0, 0.05) is 26.3 Å². The summed E-state index contributed by atoms with van der Waals surface area (Å²) in [6.45, 7) is 7.00. The first-order valence-electron chi connectivity index (χ1n) is 13.3. The molecule has 0 fully saturated rings. The van der Waals surface area contributed by atoms with Crippen LogP contribution < -0.4 is 9.58 Å². The average Bonchev–Trinajstić information content (AvgIpc) is 3.31. The predicted octanol–water partition coefficient (Wildman–Crippen LogP) is 8.08. The maximum absolute atomic E-state index is 6.27. The van der Waals surface area contributed by atoms with Gasteiger partial charge in [-0.05, 0) is 10.9 Å². The van der Waals surface area contributed by atoms with Crippen LogP contribution in [-0.4, -0.2) is 31.3 Å². The molecule has 6 aromatic rings.